The molecular weight excluding hydrogens is 276 g/mol. The SMILES string of the molecule is CCCNC(=O)CCc1ccc(N2CCN(C)CC2)c(N)c1. The molecule has 0 saturated carbocycles. The molecule has 0 unspecified atom stereocenters. The van der Waals surface area contributed by atoms with Gasteiger partial charge in [0, 0.05) is 39.1 Å². The van der Waals surface area contributed by atoms with Crippen LogP contribution in [-0.2, 0) is 11.2 Å². The smallest absolute Gasteiger partial charge is 0.220 e. The monoisotopic (exact) mass is 304 g/mol. The maximum absolute atomic E-state index is 11.6. The Morgan fingerprint density at radius 1 is 1.27 bits per heavy atom. The molecule has 1 fully saturated rings. The Bertz CT molecular complexity index is 495. The first-order valence-electron chi connectivity index (χ1n) is 8.18. The van der Waals surface area contributed by atoms with Gasteiger partial charge in [-0.15, -0.1) is 0 Å². The Morgan fingerprint density at radius 2 is 2.00 bits per heavy atom. The summed E-state index contributed by atoms with van der Waals surface area (Å²) in [6, 6.07) is 6.21. The van der Waals surface area contributed by atoms with Crippen LogP contribution in [0.4, 0.5) is 11.4 Å². The molecule has 1 aliphatic heterocycles. The minimum absolute atomic E-state index is 0.114. The van der Waals surface area contributed by atoms with Crippen molar-refractivity contribution in [2.75, 3.05) is 50.4 Å². The van der Waals surface area contributed by atoms with Crippen molar-refractivity contribution in [3.63, 3.8) is 0 Å². The van der Waals surface area contributed by atoms with Gasteiger partial charge in [-0.25, -0.2) is 0 Å². The van der Waals surface area contributed by atoms with Gasteiger partial charge in [-0.1, -0.05) is 13.0 Å². The molecule has 1 amide bonds. The highest BCUT2D eigenvalue weighted by Crippen LogP contribution is 2.25. The standard InChI is InChI=1S/C17H28N4O/c1-3-8-19-17(22)7-5-14-4-6-16(15(18)13-14)21-11-9-20(2)10-12-21/h4,6,13H,3,5,7-12,18H2,1-2H3,(H,19,22). The van der Waals surface area contributed by atoms with E-state index in [4.69, 9.17) is 5.73 Å². The maximum Gasteiger partial charge on any atom is 0.220 e. The van der Waals surface area contributed by atoms with Crippen molar-refractivity contribution in [1.82, 2.24) is 10.2 Å². The summed E-state index contributed by atoms with van der Waals surface area (Å²) in [5, 5.41) is 2.90. The van der Waals surface area contributed by atoms with E-state index in [1.54, 1.807) is 0 Å². The van der Waals surface area contributed by atoms with E-state index in [0.29, 0.717) is 6.42 Å². The van der Waals surface area contributed by atoms with Crippen molar-refractivity contribution >= 4 is 17.3 Å². The van der Waals surface area contributed by atoms with Gasteiger partial charge in [0.05, 0.1) is 11.4 Å². The molecule has 0 atom stereocenters. The van der Waals surface area contributed by atoms with E-state index in [2.05, 4.69) is 41.2 Å². The van der Waals surface area contributed by atoms with Gasteiger partial charge < -0.3 is 20.9 Å². The molecule has 1 saturated heterocycles. The lowest BCUT2D eigenvalue weighted by molar-refractivity contribution is -0.121. The third-order valence-corrected chi connectivity index (χ3v) is 4.15. The van der Waals surface area contributed by atoms with E-state index in [9.17, 15) is 4.79 Å². The first kappa shape index (κ1) is 16.6. The van der Waals surface area contributed by atoms with Gasteiger partial charge in [0.2, 0.25) is 5.91 Å². The van der Waals surface area contributed by atoms with Gasteiger partial charge in [0.25, 0.3) is 0 Å². The van der Waals surface area contributed by atoms with Crippen LogP contribution < -0.4 is 16.0 Å². The minimum Gasteiger partial charge on any atom is -0.397 e. The summed E-state index contributed by atoms with van der Waals surface area (Å²) in [4.78, 5) is 16.3. The van der Waals surface area contributed by atoms with Crippen LogP contribution in [-0.4, -0.2) is 50.6 Å². The number of amides is 1. The molecule has 3 N–H and O–H groups in total. The van der Waals surface area contributed by atoms with E-state index in [0.717, 1.165) is 62.5 Å². The molecular formula is C17H28N4O. The van der Waals surface area contributed by atoms with Crippen LogP contribution in [0.5, 0.6) is 0 Å². The second-order valence-corrected chi connectivity index (χ2v) is 6.03. The summed E-state index contributed by atoms with van der Waals surface area (Å²) in [5.41, 5.74) is 9.28. The van der Waals surface area contributed by atoms with E-state index in [-0.39, 0.29) is 5.91 Å². The van der Waals surface area contributed by atoms with Crippen LogP contribution in [0.15, 0.2) is 18.2 Å². The Morgan fingerprint density at radius 3 is 2.64 bits per heavy atom. The lowest BCUT2D eigenvalue weighted by Gasteiger charge is -2.34. The van der Waals surface area contributed by atoms with Gasteiger partial charge in [0.1, 0.15) is 0 Å². The summed E-state index contributed by atoms with van der Waals surface area (Å²) in [6.07, 6.45) is 2.23. The number of piperazine rings is 1. The predicted octanol–water partition coefficient (Wildman–Crippen LogP) is 1.48. The molecule has 5 nitrogen and oxygen atoms in total. The van der Waals surface area contributed by atoms with Gasteiger partial charge >= 0.3 is 0 Å². The average molecular weight is 304 g/mol. The first-order valence-corrected chi connectivity index (χ1v) is 8.18. The highest BCUT2D eigenvalue weighted by molar-refractivity contribution is 5.76. The fourth-order valence-electron chi connectivity index (χ4n) is 2.71. The van der Waals surface area contributed by atoms with E-state index >= 15 is 0 Å². The molecule has 5 heteroatoms. The number of benzene rings is 1. The number of carbonyl (C=O) groups is 1. The van der Waals surface area contributed by atoms with Gasteiger partial charge in [-0.3, -0.25) is 4.79 Å². The second-order valence-electron chi connectivity index (χ2n) is 6.03. The molecule has 0 bridgehead atoms. The number of nitrogens with two attached hydrogens (primary N) is 1. The molecule has 0 spiro atoms. The van der Waals surface area contributed by atoms with Gasteiger partial charge in [-0.2, -0.15) is 0 Å². The first-order chi connectivity index (χ1) is 10.6. The van der Waals surface area contributed by atoms with Crippen molar-refractivity contribution in [3.8, 4) is 0 Å². The zero-order valence-electron chi connectivity index (χ0n) is 13.8. The Balaban J connectivity index is 1.90. The molecule has 22 heavy (non-hydrogen) atoms. The quantitative estimate of drug-likeness (QED) is 0.782. The second kappa shape index (κ2) is 8.03. The van der Waals surface area contributed by atoms with Crippen LogP contribution in [0, 0.1) is 0 Å². The largest absolute Gasteiger partial charge is 0.397 e. The molecule has 1 aromatic carbocycles. The van der Waals surface area contributed by atoms with Crippen molar-refractivity contribution in [2.24, 2.45) is 0 Å². The van der Waals surface area contributed by atoms with Crippen LogP contribution in [0.2, 0.25) is 0 Å². The fourth-order valence-corrected chi connectivity index (χ4v) is 2.71. The summed E-state index contributed by atoms with van der Waals surface area (Å²) >= 11 is 0. The van der Waals surface area contributed by atoms with Gasteiger partial charge in [0.15, 0.2) is 0 Å². The average Bonchev–Trinajstić information content (AvgIpc) is 2.52. The van der Waals surface area contributed by atoms with Crippen LogP contribution >= 0.6 is 0 Å². The molecule has 0 aromatic heterocycles. The lowest BCUT2D eigenvalue weighted by Crippen LogP contribution is -2.44. The number of hydrogen-bond acceptors (Lipinski definition) is 4. The van der Waals surface area contributed by atoms with Crippen LogP contribution in [0.25, 0.3) is 0 Å². The highest BCUT2D eigenvalue weighted by Gasteiger charge is 2.16. The number of nitrogen functional groups attached to an aromatic ring is 1. The van der Waals surface area contributed by atoms with Crippen molar-refractivity contribution < 1.29 is 4.79 Å². The number of rotatable bonds is 6. The topological polar surface area (TPSA) is 61.6 Å². The van der Waals surface area contributed by atoms with Crippen molar-refractivity contribution in [3.05, 3.63) is 23.8 Å². The number of nitrogens with one attached hydrogen (secondary N) is 1. The van der Waals surface area contributed by atoms with E-state index in [1.807, 2.05) is 6.07 Å². The maximum atomic E-state index is 11.6. The Kier molecular flexibility index (Phi) is 6.07. The summed E-state index contributed by atoms with van der Waals surface area (Å²) in [5.74, 6) is 0.114. The third-order valence-electron chi connectivity index (χ3n) is 4.15. The number of aryl methyl sites for hydroxylation is 1. The zero-order valence-corrected chi connectivity index (χ0v) is 13.8. The number of nitrogens with zero attached hydrogens (tertiary/aromatic N) is 2. The highest BCUT2D eigenvalue weighted by atomic mass is 16.1. The summed E-state index contributed by atoms with van der Waals surface area (Å²) in [7, 11) is 2.15. The summed E-state index contributed by atoms with van der Waals surface area (Å²) < 4.78 is 0. The molecule has 0 aliphatic carbocycles. The lowest BCUT2D eigenvalue weighted by atomic mass is 10.1. The Hall–Kier alpha value is -1.75. The number of anilines is 2. The Labute approximate surface area is 133 Å². The van der Waals surface area contributed by atoms with E-state index < -0.39 is 0 Å². The van der Waals surface area contributed by atoms with E-state index in [1.165, 1.54) is 0 Å². The van der Waals surface area contributed by atoms with Crippen LogP contribution in [0.3, 0.4) is 0 Å². The van der Waals surface area contributed by atoms with Gasteiger partial charge in [-0.05, 0) is 37.6 Å². The molecule has 0 radical (unpaired) electrons. The number of likely N-dealkylation sites (N-methyl/N-ethyl adjacent to an activating group) is 1. The fraction of sp³-hybridized carbons (Fsp3) is 0.588. The minimum atomic E-state index is 0.114. The third kappa shape index (κ3) is 4.63. The number of carbonyl (C=O) groups excluding carboxylic acids is 1. The molecule has 1 aromatic rings. The van der Waals surface area contributed by atoms with Crippen LogP contribution in [0.1, 0.15) is 25.3 Å². The van der Waals surface area contributed by atoms with Crippen molar-refractivity contribution in [1.29, 1.82) is 0 Å². The summed E-state index contributed by atoms with van der Waals surface area (Å²) in [6.45, 7) is 6.97. The van der Waals surface area contributed by atoms with Crippen molar-refractivity contribution in [2.45, 2.75) is 26.2 Å². The zero-order chi connectivity index (χ0) is 15.9. The molecule has 1 aliphatic rings. The molecule has 2 rings (SSSR count). The molecule has 122 valence electrons. The number of hydrogen-bond donors (Lipinski definition) is 2. The molecule has 1 heterocycles. The normalized spacial score (nSPS) is 15.8. The predicted molar refractivity (Wildman–Crippen MR) is 92.2 cm³/mol.